The molecular formula is C38H58F2N3O2PS. The zero-order valence-corrected chi connectivity index (χ0v) is 32.4. The lowest BCUT2D eigenvalue weighted by molar-refractivity contribution is -0.122. The van der Waals surface area contributed by atoms with E-state index < -0.39 is 5.66 Å². The van der Waals surface area contributed by atoms with Gasteiger partial charge in [0.15, 0.2) is 0 Å². The lowest BCUT2D eigenvalue weighted by atomic mass is 9.90. The maximum Gasteiger partial charge on any atom is 0.283 e. The van der Waals surface area contributed by atoms with Gasteiger partial charge >= 0.3 is 0 Å². The van der Waals surface area contributed by atoms with Crippen LogP contribution in [0.25, 0.3) is 0 Å². The van der Waals surface area contributed by atoms with Gasteiger partial charge < -0.3 is 10.5 Å². The summed E-state index contributed by atoms with van der Waals surface area (Å²) in [5.74, 6) is 0.923. The Morgan fingerprint density at radius 1 is 1.06 bits per heavy atom. The van der Waals surface area contributed by atoms with Gasteiger partial charge in [0, 0.05) is 28.9 Å². The number of halogens is 2. The van der Waals surface area contributed by atoms with Crippen LogP contribution in [0.2, 0.25) is 0 Å². The van der Waals surface area contributed by atoms with Gasteiger partial charge in [-0.25, -0.2) is 0 Å². The van der Waals surface area contributed by atoms with Crippen LogP contribution in [0.15, 0.2) is 41.4 Å². The molecule has 9 heteroatoms. The molecule has 47 heavy (non-hydrogen) atoms. The molecule has 0 bridgehead atoms. The number of benzene rings is 2. The minimum Gasteiger partial charge on any atom is -0.383 e. The minimum absolute atomic E-state index is 0.0584. The summed E-state index contributed by atoms with van der Waals surface area (Å²) in [6.07, 6.45) is 4.42. The Bertz CT molecular complexity index is 1380. The highest BCUT2D eigenvalue weighted by Gasteiger charge is 2.33. The third kappa shape index (κ3) is 14.8. The van der Waals surface area contributed by atoms with Crippen LogP contribution in [0.5, 0.6) is 0 Å². The van der Waals surface area contributed by atoms with Gasteiger partial charge in [0.25, 0.3) is 11.6 Å². The molecular weight excluding hydrogens is 631 g/mol. The fourth-order valence-corrected chi connectivity index (χ4v) is 4.91. The van der Waals surface area contributed by atoms with Crippen LogP contribution in [0.4, 0.5) is 8.78 Å². The number of amidine groups is 1. The predicted molar refractivity (Wildman–Crippen MR) is 200 cm³/mol. The number of rotatable bonds is 11. The van der Waals surface area contributed by atoms with Crippen molar-refractivity contribution in [1.82, 2.24) is 0 Å². The van der Waals surface area contributed by atoms with E-state index in [1.54, 1.807) is 22.4 Å². The van der Waals surface area contributed by atoms with Crippen LogP contribution in [0.3, 0.4) is 0 Å². The number of nitriles is 1. The molecule has 0 saturated heterocycles. The largest absolute Gasteiger partial charge is 0.383 e. The van der Waals surface area contributed by atoms with Gasteiger partial charge in [0.2, 0.25) is 0 Å². The molecule has 0 heterocycles. The van der Waals surface area contributed by atoms with Gasteiger partial charge in [-0.15, -0.1) is 0 Å². The second-order valence-electron chi connectivity index (χ2n) is 14.5. The molecule has 3 rings (SSSR count). The summed E-state index contributed by atoms with van der Waals surface area (Å²) in [6.45, 7) is 20.6. The van der Waals surface area contributed by atoms with Gasteiger partial charge in [-0.05, 0) is 108 Å². The first-order valence-corrected chi connectivity index (χ1v) is 17.5. The summed E-state index contributed by atoms with van der Waals surface area (Å²) >= 11 is 4.39. The summed E-state index contributed by atoms with van der Waals surface area (Å²) in [7, 11) is 3.28. The number of hydrogen-bond donors (Lipinski definition) is 2. The van der Waals surface area contributed by atoms with Gasteiger partial charge in [-0.1, -0.05) is 73.2 Å². The number of methoxy groups -OCH3 is 1. The maximum atomic E-state index is 13.7. The Labute approximate surface area is 291 Å². The number of ether oxygens (including phenoxy) is 1. The normalized spacial score (nSPS) is 14.5. The fraction of sp³-hybridized carbons (Fsp3) is 0.605. The minimum atomic E-state index is -2.98. The molecule has 2 aromatic rings. The first-order valence-electron chi connectivity index (χ1n) is 16.5. The van der Waals surface area contributed by atoms with Crippen molar-refractivity contribution < 1.29 is 18.3 Å². The van der Waals surface area contributed by atoms with Crippen LogP contribution >= 0.6 is 21.9 Å². The number of carbonyl (C=O) groups is 1. The highest BCUT2D eigenvalue weighted by atomic mass is 32.1. The Hall–Kier alpha value is -2.33. The highest BCUT2D eigenvalue weighted by Crippen LogP contribution is 2.44. The lowest BCUT2D eigenvalue weighted by Crippen LogP contribution is -2.42. The molecule has 1 amide bonds. The number of aryl methyl sites for hydroxylation is 2. The Kier molecular flexibility index (Phi) is 16.7. The van der Waals surface area contributed by atoms with E-state index in [2.05, 4.69) is 51.4 Å². The molecule has 2 N–H and O–H groups in total. The van der Waals surface area contributed by atoms with Crippen molar-refractivity contribution in [1.29, 1.82) is 5.26 Å². The smallest absolute Gasteiger partial charge is 0.283 e. The molecule has 2 atom stereocenters. The average molecular weight is 690 g/mol. The summed E-state index contributed by atoms with van der Waals surface area (Å²) in [4.78, 5) is 17.0. The number of carbonyl (C=O) groups excluding carboxylic acids is 1. The van der Waals surface area contributed by atoms with Crippen LogP contribution < -0.4 is 5.73 Å². The monoisotopic (exact) mass is 689 g/mol. The molecule has 1 aliphatic rings. The number of alkyl halides is 2. The van der Waals surface area contributed by atoms with E-state index in [1.165, 1.54) is 17.7 Å². The quantitative estimate of drug-likeness (QED) is 0.106. The summed E-state index contributed by atoms with van der Waals surface area (Å²) < 4.78 is 32.5. The van der Waals surface area contributed by atoms with E-state index in [1.807, 2.05) is 59.7 Å². The van der Waals surface area contributed by atoms with Crippen molar-refractivity contribution in [3.63, 3.8) is 0 Å². The first kappa shape index (κ1) is 42.7. The second kappa shape index (κ2) is 18.4. The number of aliphatic imine (C=N–C) groups is 1. The fourth-order valence-electron chi connectivity index (χ4n) is 4.64. The van der Waals surface area contributed by atoms with Crippen LogP contribution in [-0.2, 0) is 15.2 Å². The third-order valence-corrected chi connectivity index (χ3v) is 9.52. The van der Waals surface area contributed by atoms with E-state index in [4.69, 9.17) is 15.7 Å². The summed E-state index contributed by atoms with van der Waals surface area (Å²) in [6, 6.07) is 12.4. The Morgan fingerprint density at radius 2 is 1.66 bits per heavy atom. The Balaban J connectivity index is 0.000000472. The second-order valence-corrected chi connectivity index (χ2v) is 16.4. The average Bonchev–Trinajstić information content (AvgIpc) is 3.80. The zero-order valence-electron chi connectivity index (χ0n) is 30.4. The highest BCUT2D eigenvalue weighted by molar-refractivity contribution is 7.81. The summed E-state index contributed by atoms with van der Waals surface area (Å²) in [5, 5.41) is 8.56. The van der Waals surface area contributed by atoms with Crippen molar-refractivity contribution in [3.8, 4) is 6.07 Å². The van der Waals surface area contributed by atoms with Crippen LogP contribution in [-0.4, -0.2) is 29.2 Å². The van der Waals surface area contributed by atoms with Gasteiger partial charge in [0.05, 0.1) is 17.2 Å². The van der Waals surface area contributed by atoms with Crippen molar-refractivity contribution >= 4 is 33.6 Å². The van der Waals surface area contributed by atoms with Crippen molar-refractivity contribution in [2.24, 2.45) is 28.5 Å². The van der Waals surface area contributed by atoms with E-state index >= 15 is 0 Å². The molecule has 2 unspecified atom stereocenters. The maximum absolute atomic E-state index is 13.7. The molecule has 2 aromatic carbocycles. The van der Waals surface area contributed by atoms with Crippen molar-refractivity contribution in [2.45, 2.75) is 123 Å². The molecule has 1 aliphatic carbocycles. The molecule has 1 fully saturated rings. The zero-order chi connectivity index (χ0) is 36.3. The first-order chi connectivity index (χ1) is 21.5. The topological polar surface area (TPSA) is 88.5 Å². The van der Waals surface area contributed by atoms with Crippen molar-refractivity contribution in [2.75, 3.05) is 7.11 Å². The predicted octanol–water partition coefficient (Wildman–Crippen LogP) is 10.1. The van der Waals surface area contributed by atoms with Gasteiger partial charge in [-0.3, -0.25) is 4.79 Å². The van der Waals surface area contributed by atoms with E-state index in [0.717, 1.165) is 48.8 Å². The molecule has 0 radical (unpaired) electrons. The lowest BCUT2D eigenvalue weighted by Gasteiger charge is -2.36. The van der Waals surface area contributed by atoms with Gasteiger partial charge in [0.1, 0.15) is 5.84 Å². The molecule has 262 valence electrons. The Morgan fingerprint density at radius 3 is 2.06 bits per heavy atom. The standard InChI is InChI=1S/C22H33F2N2OP.C9H9N.C7H16OS/c1-13(2)5-6-16(11-14(3)4)21(27)26-20(25)18-10-9-17(22(23,24)28)12-19(18)15-7-8-15;1-7-3-4-9(6-10)8(2)5-7;1-6(2,8-5)7(3,4)9/h9-10,12-16H,5-8,11,28H2,1-4H3,(H2,25,26,27);3-5H,1-2H3;9H,1-5H3. The van der Waals surface area contributed by atoms with E-state index in [9.17, 15) is 13.6 Å². The van der Waals surface area contributed by atoms with Crippen LogP contribution in [0, 0.1) is 42.9 Å². The van der Waals surface area contributed by atoms with Gasteiger partial charge in [-0.2, -0.15) is 31.7 Å². The molecule has 0 aliphatic heterocycles. The number of nitrogens with zero attached hydrogens (tertiary/aromatic N) is 2. The number of amides is 1. The SMILES string of the molecule is CC(C)CCC(CC(C)C)C(=O)N=C(N)c1ccc(C(F)(F)P)cc1C1CC1.COC(C)(C)C(C)(C)S.Cc1ccc(C#N)c(C)c1. The van der Waals surface area contributed by atoms with Crippen molar-refractivity contribution in [3.05, 3.63) is 69.8 Å². The molecule has 5 nitrogen and oxygen atoms in total. The molecule has 0 spiro atoms. The van der Waals surface area contributed by atoms with Crippen LogP contribution in [0.1, 0.15) is 127 Å². The van der Waals surface area contributed by atoms with E-state index in [-0.39, 0.29) is 39.5 Å². The number of hydrogen-bond acceptors (Lipinski definition) is 4. The number of thiol groups is 1. The third-order valence-electron chi connectivity index (χ3n) is 8.64. The summed E-state index contributed by atoms with van der Waals surface area (Å²) in [5.41, 5.74) is 7.40. The number of nitrogens with two attached hydrogens (primary N) is 1. The van der Waals surface area contributed by atoms with E-state index in [0.29, 0.717) is 17.4 Å². The molecule has 0 aromatic heterocycles. The molecule has 1 saturated carbocycles.